The molecule has 3 saturated heterocycles. The van der Waals surface area contributed by atoms with Gasteiger partial charge in [-0.2, -0.15) is 0 Å². The summed E-state index contributed by atoms with van der Waals surface area (Å²) in [5.74, 6) is 0.203. The molecule has 2 unspecified atom stereocenters. The highest BCUT2D eigenvalue weighted by Crippen LogP contribution is 2.24. The number of piperazine rings is 1. The lowest BCUT2D eigenvalue weighted by Crippen LogP contribution is -2.60. The Morgan fingerprint density at radius 2 is 2.15 bits per heavy atom. The monoisotopic (exact) mass is 281 g/mol. The van der Waals surface area contributed by atoms with Crippen molar-refractivity contribution in [3.8, 4) is 0 Å². The average molecular weight is 281 g/mol. The largest absolute Gasteiger partial charge is 0.374 e. The van der Waals surface area contributed by atoms with Crippen LogP contribution in [0.5, 0.6) is 0 Å². The minimum Gasteiger partial charge on any atom is -0.374 e. The Hall–Kier alpha value is -1.14. The number of amides is 2. The number of nitrogens with zero attached hydrogens (tertiary/aromatic N) is 3. The van der Waals surface area contributed by atoms with E-state index in [-0.39, 0.29) is 30.5 Å². The fourth-order valence-electron chi connectivity index (χ4n) is 3.44. The van der Waals surface area contributed by atoms with Gasteiger partial charge in [0.05, 0.1) is 19.3 Å². The van der Waals surface area contributed by atoms with Gasteiger partial charge in [0, 0.05) is 26.2 Å². The Kier molecular flexibility index (Phi) is 3.94. The smallest absolute Gasteiger partial charge is 0.245 e. The number of rotatable bonds is 3. The van der Waals surface area contributed by atoms with Crippen molar-refractivity contribution in [1.29, 1.82) is 0 Å². The predicted octanol–water partition coefficient (Wildman–Crippen LogP) is -0.460. The zero-order valence-corrected chi connectivity index (χ0v) is 12.1. The summed E-state index contributed by atoms with van der Waals surface area (Å²) in [6.45, 7) is 7.17. The summed E-state index contributed by atoms with van der Waals surface area (Å²) in [5.41, 5.74) is 0. The number of carbonyl (C=O) groups excluding carboxylic acids is 2. The van der Waals surface area contributed by atoms with Crippen molar-refractivity contribution in [1.82, 2.24) is 14.7 Å². The number of hydrogen-bond acceptors (Lipinski definition) is 4. The third-order valence-electron chi connectivity index (χ3n) is 4.59. The number of likely N-dealkylation sites (N-methyl/N-ethyl adjacent to an activating group) is 1. The molecule has 112 valence electrons. The van der Waals surface area contributed by atoms with Crippen LogP contribution in [0.3, 0.4) is 0 Å². The van der Waals surface area contributed by atoms with Crippen LogP contribution in [-0.2, 0) is 14.3 Å². The third kappa shape index (κ3) is 2.54. The van der Waals surface area contributed by atoms with Gasteiger partial charge in [0.1, 0.15) is 6.04 Å². The van der Waals surface area contributed by atoms with E-state index >= 15 is 0 Å². The van der Waals surface area contributed by atoms with Crippen LogP contribution in [0.25, 0.3) is 0 Å². The number of carbonyl (C=O) groups is 2. The summed E-state index contributed by atoms with van der Waals surface area (Å²) in [4.78, 5) is 30.3. The molecule has 0 aromatic carbocycles. The summed E-state index contributed by atoms with van der Waals surface area (Å²) in [6, 6.07) is -0.206. The second kappa shape index (κ2) is 5.69. The lowest BCUT2D eigenvalue weighted by Gasteiger charge is -2.40. The zero-order chi connectivity index (χ0) is 14.1. The molecule has 6 heteroatoms. The molecule has 0 radical (unpaired) electrons. The maximum absolute atomic E-state index is 12.4. The molecule has 0 aliphatic carbocycles. The SMILES string of the molecule is CCN1CCOC(CN2CC(=O)N3CCCC3C2=O)C1. The highest BCUT2D eigenvalue weighted by atomic mass is 16.5. The highest BCUT2D eigenvalue weighted by molar-refractivity contribution is 5.95. The molecule has 0 aromatic heterocycles. The Morgan fingerprint density at radius 1 is 1.30 bits per heavy atom. The van der Waals surface area contributed by atoms with Crippen molar-refractivity contribution in [2.75, 3.05) is 45.9 Å². The lowest BCUT2D eigenvalue weighted by molar-refractivity contribution is -0.156. The van der Waals surface area contributed by atoms with Gasteiger partial charge < -0.3 is 14.5 Å². The van der Waals surface area contributed by atoms with Crippen LogP contribution in [-0.4, -0.2) is 84.5 Å². The molecule has 0 spiro atoms. The minimum atomic E-state index is -0.206. The molecule has 20 heavy (non-hydrogen) atoms. The first kappa shape index (κ1) is 13.8. The van der Waals surface area contributed by atoms with Gasteiger partial charge in [-0.3, -0.25) is 14.5 Å². The molecule has 2 atom stereocenters. The van der Waals surface area contributed by atoms with E-state index < -0.39 is 0 Å². The molecule has 3 aliphatic rings. The summed E-state index contributed by atoms with van der Waals surface area (Å²) >= 11 is 0. The lowest BCUT2D eigenvalue weighted by atomic mass is 10.1. The Labute approximate surface area is 119 Å². The molecular formula is C14H23N3O3. The molecule has 0 N–H and O–H groups in total. The maximum atomic E-state index is 12.4. The molecule has 0 aromatic rings. The predicted molar refractivity (Wildman–Crippen MR) is 73.2 cm³/mol. The highest BCUT2D eigenvalue weighted by Gasteiger charge is 2.42. The quantitative estimate of drug-likeness (QED) is 0.702. The second-order valence-electron chi connectivity index (χ2n) is 5.85. The average Bonchev–Trinajstić information content (AvgIpc) is 2.95. The molecule has 0 saturated carbocycles. The molecular weight excluding hydrogens is 258 g/mol. The van der Waals surface area contributed by atoms with E-state index in [0.717, 1.165) is 39.0 Å². The number of hydrogen-bond donors (Lipinski definition) is 0. The molecule has 3 heterocycles. The van der Waals surface area contributed by atoms with Gasteiger partial charge in [0.15, 0.2) is 0 Å². The molecule has 3 fully saturated rings. The van der Waals surface area contributed by atoms with Gasteiger partial charge in [0.25, 0.3) is 0 Å². The van der Waals surface area contributed by atoms with Crippen molar-refractivity contribution in [2.45, 2.75) is 31.9 Å². The molecule has 3 rings (SSSR count). The van der Waals surface area contributed by atoms with Gasteiger partial charge in [-0.25, -0.2) is 0 Å². The van der Waals surface area contributed by atoms with Crippen molar-refractivity contribution in [3.63, 3.8) is 0 Å². The van der Waals surface area contributed by atoms with E-state index in [2.05, 4.69) is 11.8 Å². The molecule has 0 bridgehead atoms. The van der Waals surface area contributed by atoms with Crippen LogP contribution in [0, 0.1) is 0 Å². The summed E-state index contributed by atoms with van der Waals surface area (Å²) < 4.78 is 5.75. The van der Waals surface area contributed by atoms with Crippen LogP contribution in [0.1, 0.15) is 19.8 Å². The van der Waals surface area contributed by atoms with Crippen LogP contribution < -0.4 is 0 Å². The van der Waals surface area contributed by atoms with Crippen LogP contribution in [0.2, 0.25) is 0 Å². The minimum absolute atomic E-state index is 0.0356. The number of ether oxygens (including phenoxy) is 1. The van der Waals surface area contributed by atoms with Crippen molar-refractivity contribution in [3.05, 3.63) is 0 Å². The van der Waals surface area contributed by atoms with Gasteiger partial charge >= 0.3 is 0 Å². The zero-order valence-electron chi connectivity index (χ0n) is 12.1. The summed E-state index contributed by atoms with van der Waals surface area (Å²) in [5, 5.41) is 0. The normalized spacial score (nSPS) is 31.9. The summed E-state index contributed by atoms with van der Waals surface area (Å²) in [7, 11) is 0. The Bertz CT molecular complexity index is 401. The van der Waals surface area contributed by atoms with Crippen molar-refractivity contribution < 1.29 is 14.3 Å². The van der Waals surface area contributed by atoms with Crippen molar-refractivity contribution in [2.24, 2.45) is 0 Å². The van der Waals surface area contributed by atoms with Gasteiger partial charge in [-0.15, -0.1) is 0 Å². The van der Waals surface area contributed by atoms with E-state index in [0.29, 0.717) is 13.2 Å². The van der Waals surface area contributed by atoms with E-state index in [1.807, 2.05) is 0 Å². The van der Waals surface area contributed by atoms with Gasteiger partial charge in [-0.1, -0.05) is 6.92 Å². The Balaban J connectivity index is 1.62. The first-order valence-corrected chi connectivity index (χ1v) is 7.61. The fourth-order valence-corrected chi connectivity index (χ4v) is 3.44. The number of fused-ring (bicyclic) bond motifs is 1. The fraction of sp³-hybridized carbons (Fsp3) is 0.857. The standard InChI is InChI=1S/C14H23N3O3/c1-2-15-6-7-20-11(8-15)9-16-10-13(18)17-5-3-4-12(17)14(16)19/h11-12H,2-10H2,1H3. The first-order valence-electron chi connectivity index (χ1n) is 7.61. The van der Waals surface area contributed by atoms with Gasteiger partial charge in [0.2, 0.25) is 11.8 Å². The third-order valence-corrected chi connectivity index (χ3v) is 4.59. The molecule has 2 amide bonds. The maximum Gasteiger partial charge on any atom is 0.245 e. The molecule has 3 aliphatic heterocycles. The van der Waals surface area contributed by atoms with Gasteiger partial charge in [-0.05, 0) is 19.4 Å². The van der Waals surface area contributed by atoms with Crippen LogP contribution in [0.15, 0.2) is 0 Å². The number of morpholine rings is 1. The second-order valence-corrected chi connectivity index (χ2v) is 5.85. The first-order chi connectivity index (χ1) is 9.69. The topological polar surface area (TPSA) is 53.1 Å². The van der Waals surface area contributed by atoms with E-state index in [4.69, 9.17) is 4.74 Å². The van der Waals surface area contributed by atoms with E-state index in [1.165, 1.54) is 0 Å². The summed E-state index contributed by atoms with van der Waals surface area (Å²) in [6.07, 6.45) is 1.79. The van der Waals surface area contributed by atoms with E-state index in [9.17, 15) is 9.59 Å². The van der Waals surface area contributed by atoms with Crippen LogP contribution in [0.4, 0.5) is 0 Å². The van der Waals surface area contributed by atoms with Crippen molar-refractivity contribution >= 4 is 11.8 Å². The molecule has 6 nitrogen and oxygen atoms in total. The van der Waals surface area contributed by atoms with E-state index in [1.54, 1.807) is 9.80 Å². The Morgan fingerprint density at radius 3 is 2.95 bits per heavy atom. The van der Waals surface area contributed by atoms with Crippen LogP contribution >= 0.6 is 0 Å².